The lowest BCUT2D eigenvalue weighted by Crippen LogP contribution is -2.21. The van der Waals surface area contributed by atoms with Crippen LogP contribution in [-0.2, 0) is 0 Å². The normalized spacial score (nSPS) is 20.1. The highest BCUT2D eigenvalue weighted by atomic mass is 15.2. The Balaban J connectivity index is 1.76. The Morgan fingerprint density at radius 1 is 1.25 bits per heavy atom. The van der Waals surface area contributed by atoms with Crippen molar-refractivity contribution >= 4 is 5.82 Å². The fraction of sp³-hybridized carbons (Fsp3) is 0.353. The van der Waals surface area contributed by atoms with Crippen LogP contribution in [-0.4, -0.2) is 18.1 Å². The molecule has 20 heavy (non-hydrogen) atoms. The van der Waals surface area contributed by atoms with Gasteiger partial charge in [0, 0.05) is 31.2 Å². The Kier molecular flexibility index (Phi) is 3.70. The van der Waals surface area contributed by atoms with Crippen LogP contribution < -0.4 is 10.6 Å². The second-order valence-electron chi connectivity index (χ2n) is 5.58. The molecule has 1 aliphatic rings. The number of pyridine rings is 1. The summed E-state index contributed by atoms with van der Waals surface area (Å²) in [6.45, 7) is 4.12. The van der Waals surface area contributed by atoms with Crippen molar-refractivity contribution in [1.82, 2.24) is 4.98 Å². The SMILES string of the molecule is CC(N)c1ccnc(N2CCC(c3ccccc3)C2)c1. The molecule has 1 aromatic heterocycles. The standard InChI is InChI=1S/C17H21N3/c1-13(18)15-7-9-19-17(11-15)20-10-8-16(12-20)14-5-3-2-4-6-14/h2-7,9,11,13,16H,8,10,12,18H2,1H3. The minimum absolute atomic E-state index is 0.0595. The van der Waals surface area contributed by atoms with Crippen LogP contribution in [0.4, 0.5) is 5.82 Å². The first-order valence-electron chi connectivity index (χ1n) is 7.25. The highest BCUT2D eigenvalue weighted by Crippen LogP contribution is 2.30. The molecule has 0 aliphatic carbocycles. The van der Waals surface area contributed by atoms with Crippen LogP contribution in [0.5, 0.6) is 0 Å². The Morgan fingerprint density at radius 2 is 2.05 bits per heavy atom. The maximum Gasteiger partial charge on any atom is 0.128 e. The number of rotatable bonds is 3. The van der Waals surface area contributed by atoms with Crippen molar-refractivity contribution in [2.24, 2.45) is 5.73 Å². The molecule has 1 fully saturated rings. The van der Waals surface area contributed by atoms with Crippen molar-refractivity contribution in [3.8, 4) is 0 Å². The second kappa shape index (κ2) is 5.63. The average molecular weight is 267 g/mol. The van der Waals surface area contributed by atoms with Crippen molar-refractivity contribution in [2.45, 2.75) is 25.3 Å². The van der Waals surface area contributed by atoms with E-state index in [9.17, 15) is 0 Å². The molecule has 2 aromatic rings. The number of nitrogens with two attached hydrogens (primary N) is 1. The molecule has 2 unspecified atom stereocenters. The van der Waals surface area contributed by atoms with Gasteiger partial charge in [-0.25, -0.2) is 4.98 Å². The molecule has 2 atom stereocenters. The summed E-state index contributed by atoms with van der Waals surface area (Å²) in [5, 5.41) is 0. The van der Waals surface area contributed by atoms with E-state index in [1.54, 1.807) is 0 Å². The van der Waals surface area contributed by atoms with Crippen LogP contribution >= 0.6 is 0 Å². The Bertz CT molecular complexity index is 565. The Labute approximate surface area is 120 Å². The first-order chi connectivity index (χ1) is 9.74. The Hall–Kier alpha value is -1.87. The summed E-state index contributed by atoms with van der Waals surface area (Å²) in [5.41, 5.74) is 8.53. The van der Waals surface area contributed by atoms with Gasteiger partial charge in [0.25, 0.3) is 0 Å². The van der Waals surface area contributed by atoms with Crippen LogP contribution in [0.1, 0.15) is 36.4 Å². The predicted octanol–water partition coefficient (Wildman–Crippen LogP) is 3.10. The van der Waals surface area contributed by atoms with Gasteiger partial charge in [0.1, 0.15) is 5.82 Å². The van der Waals surface area contributed by atoms with E-state index in [0.717, 1.165) is 24.5 Å². The number of hydrogen-bond acceptors (Lipinski definition) is 3. The van der Waals surface area contributed by atoms with Gasteiger partial charge < -0.3 is 10.6 Å². The third-order valence-corrected chi connectivity index (χ3v) is 4.08. The van der Waals surface area contributed by atoms with Gasteiger partial charge in [-0.3, -0.25) is 0 Å². The van der Waals surface area contributed by atoms with Gasteiger partial charge in [0.2, 0.25) is 0 Å². The zero-order valence-corrected chi connectivity index (χ0v) is 11.9. The van der Waals surface area contributed by atoms with Crippen molar-refractivity contribution in [2.75, 3.05) is 18.0 Å². The van der Waals surface area contributed by atoms with Crippen molar-refractivity contribution in [3.63, 3.8) is 0 Å². The topological polar surface area (TPSA) is 42.1 Å². The summed E-state index contributed by atoms with van der Waals surface area (Å²) in [7, 11) is 0. The second-order valence-corrected chi connectivity index (χ2v) is 5.58. The molecule has 2 heterocycles. The largest absolute Gasteiger partial charge is 0.356 e. The summed E-state index contributed by atoms with van der Waals surface area (Å²) in [4.78, 5) is 6.87. The van der Waals surface area contributed by atoms with E-state index in [-0.39, 0.29) is 6.04 Å². The number of anilines is 1. The predicted molar refractivity (Wildman–Crippen MR) is 82.9 cm³/mol. The summed E-state index contributed by atoms with van der Waals surface area (Å²) < 4.78 is 0. The minimum Gasteiger partial charge on any atom is -0.356 e. The maximum absolute atomic E-state index is 5.95. The van der Waals surface area contributed by atoms with E-state index in [2.05, 4.69) is 46.3 Å². The lowest BCUT2D eigenvalue weighted by Gasteiger charge is -2.19. The monoisotopic (exact) mass is 267 g/mol. The van der Waals surface area contributed by atoms with Gasteiger partial charge in [-0.1, -0.05) is 30.3 Å². The molecule has 3 rings (SSSR count). The summed E-state index contributed by atoms with van der Waals surface area (Å²) in [6, 6.07) is 14.9. The van der Waals surface area contributed by atoms with Crippen LogP contribution in [0.15, 0.2) is 48.7 Å². The maximum atomic E-state index is 5.95. The summed E-state index contributed by atoms with van der Waals surface area (Å²) in [5.74, 6) is 1.66. The quantitative estimate of drug-likeness (QED) is 0.929. The molecule has 0 saturated carbocycles. The zero-order valence-electron chi connectivity index (χ0n) is 11.9. The average Bonchev–Trinajstić information content (AvgIpc) is 2.98. The fourth-order valence-corrected chi connectivity index (χ4v) is 2.86. The smallest absolute Gasteiger partial charge is 0.128 e. The molecular formula is C17H21N3. The van der Waals surface area contributed by atoms with E-state index < -0.39 is 0 Å². The number of aromatic nitrogens is 1. The molecule has 2 N–H and O–H groups in total. The molecule has 104 valence electrons. The first-order valence-corrected chi connectivity index (χ1v) is 7.25. The molecule has 0 spiro atoms. The number of hydrogen-bond donors (Lipinski definition) is 1. The van der Waals surface area contributed by atoms with Gasteiger partial charge in [0.05, 0.1) is 0 Å². The van der Waals surface area contributed by atoms with E-state index in [4.69, 9.17) is 5.73 Å². The highest BCUT2D eigenvalue weighted by molar-refractivity contribution is 5.44. The van der Waals surface area contributed by atoms with E-state index in [1.807, 2.05) is 19.2 Å². The lowest BCUT2D eigenvalue weighted by atomic mass is 9.99. The van der Waals surface area contributed by atoms with E-state index in [1.165, 1.54) is 12.0 Å². The van der Waals surface area contributed by atoms with Gasteiger partial charge in [-0.15, -0.1) is 0 Å². The van der Waals surface area contributed by atoms with E-state index >= 15 is 0 Å². The zero-order chi connectivity index (χ0) is 13.9. The van der Waals surface area contributed by atoms with Crippen LogP contribution in [0.2, 0.25) is 0 Å². The van der Waals surface area contributed by atoms with Crippen molar-refractivity contribution < 1.29 is 0 Å². The fourth-order valence-electron chi connectivity index (χ4n) is 2.86. The Morgan fingerprint density at radius 3 is 2.80 bits per heavy atom. The molecule has 0 bridgehead atoms. The third kappa shape index (κ3) is 2.68. The molecule has 3 nitrogen and oxygen atoms in total. The van der Waals surface area contributed by atoms with Crippen molar-refractivity contribution in [3.05, 3.63) is 59.8 Å². The molecule has 0 radical (unpaired) electrons. The molecular weight excluding hydrogens is 246 g/mol. The van der Waals surface area contributed by atoms with Crippen LogP contribution in [0.3, 0.4) is 0 Å². The third-order valence-electron chi connectivity index (χ3n) is 4.08. The molecule has 3 heteroatoms. The summed E-state index contributed by atoms with van der Waals surface area (Å²) in [6.07, 6.45) is 3.05. The highest BCUT2D eigenvalue weighted by Gasteiger charge is 2.24. The van der Waals surface area contributed by atoms with Gasteiger partial charge in [-0.05, 0) is 36.6 Å². The van der Waals surface area contributed by atoms with Crippen molar-refractivity contribution in [1.29, 1.82) is 0 Å². The van der Waals surface area contributed by atoms with E-state index in [0.29, 0.717) is 5.92 Å². The lowest BCUT2D eigenvalue weighted by molar-refractivity contribution is 0.773. The summed E-state index contributed by atoms with van der Waals surface area (Å²) >= 11 is 0. The first kappa shape index (κ1) is 13.1. The molecule has 1 aliphatic heterocycles. The van der Waals surface area contributed by atoms with Gasteiger partial charge >= 0.3 is 0 Å². The molecule has 1 aromatic carbocycles. The van der Waals surface area contributed by atoms with Crippen LogP contribution in [0, 0.1) is 0 Å². The molecule has 1 saturated heterocycles. The minimum atomic E-state index is 0.0595. The van der Waals surface area contributed by atoms with Crippen LogP contribution in [0.25, 0.3) is 0 Å². The number of nitrogens with zero attached hydrogens (tertiary/aromatic N) is 2. The van der Waals surface area contributed by atoms with Gasteiger partial charge in [-0.2, -0.15) is 0 Å². The molecule has 0 amide bonds. The number of benzene rings is 1. The van der Waals surface area contributed by atoms with Gasteiger partial charge in [0.15, 0.2) is 0 Å².